The molecule has 180 valence electrons. The summed E-state index contributed by atoms with van der Waals surface area (Å²) >= 11 is 5.91. The van der Waals surface area contributed by atoms with Crippen molar-refractivity contribution in [3.63, 3.8) is 0 Å². The smallest absolute Gasteiger partial charge is 0.412 e. The van der Waals surface area contributed by atoms with Gasteiger partial charge in [-0.1, -0.05) is 23.7 Å². The molecule has 0 aliphatic heterocycles. The number of likely N-dealkylation sites (N-methyl/N-ethyl adjacent to an activating group) is 1. The van der Waals surface area contributed by atoms with Crippen LogP contribution < -0.4 is 16.4 Å². The number of amides is 3. The van der Waals surface area contributed by atoms with Gasteiger partial charge in [0.15, 0.2) is 0 Å². The lowest BCUT2D eigenvalue weighted by molar-refractivity contribution is 0.114. The highest BCUT2D eigenvalue weighted by Crippen LogP contribution is 2.20. The number of fused-ring (bicyclic) bond motifs is 1. The first-order valence-corrected chi connectivity index (χ1v) is 10.8. The predicted molar refractivity (Wildman–Crippen MR) is 126 cm³/mol. The molecule has 0 bridgehead atoms. The highest BCUT2D eigenvalue weighted by molar-refractivity contribution is 6.31. The van der Waals surface area contributed by atoms with Crippen molar-refractivity contribution in [2.75, 3.05) is 25.5 Å². The van der Waals surface area contributed by atoms with Crippen LogP contribution in [0.1, 0.15) is 12.0 Å². The fourth-order valence-electron chi connectivity index (χ4n) is 3.22. The third kappa shape index (κ3) is 6.52. The topological polar surface area (TPSA) is 110 Å². The van der Waals surface area contributed by atoms with Gasteiger partial charge in [-0.05, 0) is 54.2 Å². The molecule has 0 aliphatic rings. The van der Waals surface area contributed by atoms with E-state index in [0.717, 1.165) is 5.39 Å². The molecule has 0 saturated heterocycles. The van der Waals surface area contributed by atoms with Crippen LogP contribution in [0.3, 0.4) is 0 Å². The summed E-state index contributed by atoms with van der Waals surface area (Å²) in [5, 5.41) is 6.36. The number of urea groups is 1. The minimum absolute atomic E-state index is 0.0185. The quantitative estimate of drug-likeness (QED) is 0.436. The van der Waals surface area contributed by atoms with Gasteiger partial charge in [0, 0.05) is 25.2 Å². The molecule has 3 aromatic rings. The summed E-state index contributed by atoms with van der Waals surface area (Å²) in [5.74, 6) is -0.789. The van der Waals surface area contributed by atoms with E-state index in [1.165, 1.54) is 48.5 Å². The second-order valence-corrected chi connectivity index (χ2v) is 7.88. The molecule has 11 heteroatoms. The number of pyridine rings is 1. The first-order chi connectivity index (χ1) is 16.3. The maximum atomic E-state index is 13.6. The van der Waals surface area contributed by atoms with E-state index >= 15 is 0 Å². The number of benzene rings is 2. The van der Waals surface area contributed by atoms with Crippen molar-refractivity contribution >= 4 is 40.3 Å². The van der Waals surface area contributed by atoms with Crippen LogP contribution in [-0.2, 0) is 11.3 Å². The maximum Gasteiger partial charge on any atom is 0.412 e. The van der Waals surface area contributed by atoms with Gasteiger partial charge >= 0.3 is 12.1 Å². The van der Waals surface area contributed by atoms with Gasteiger partial charge in [0.05, 0.1) is 11.1 Å². The number of carbonyl (C=O) groups excluding carboxylic acids is 2. The van der Waals surface area contributed by atoms with Crippen LogP contribution in [0.5, 0.6) is 0 Å². The van der Waals surface area contributed by atoms with Crippen molar-refractivity contribution in [2.45, 2.75) is 19.0 Å². The van der Waals surface area contributed by atoms with E-state index in [1.54, 1.807) is 12.1 Å². The van der Waals surface area contributed by atoms with Crippen LogP contribution in [0.4, 0.5) is 24.2 Å². The van der Waals surface area contributed by atoms with Crippen LogP contribution in [-0.4, -0.2) is 48.2 Å². The third-order valence-electron chi connectivity index (χ3n) is 5.15. The normalized spacial score (nSPS) is 11.7. The van der Waals surface area contributed by atoms with Crippen LogP contribution in [0.2, 0.25) is 5.02 Å². The Morgan fingerprint density at radius 2 is 2.00 bits per heavy atom. The first-order valence-electron chi connectivity index (χ1n) is 10.4. The van der Waals surface area contributed by atoms with Crippen LogP contribution in [0.25, 0.3) is 10.8 Å². The minimum atomic E-state index is -0.786. The summed E-state index contributed by atoms with van der Waals surface area (Å²) in [6, 6.07) is 9.10. The van der Waals surface area contributed by atoms with Crippen LogP contribution in [0, 0.1) is 11.6 Å². The Balaban J connectivity index is 1.55. The van der Waals surface area contributed by atoms with Crippen molar-refractivity contribution in [1.82, 2.24) is 15.2 Å². The van der Waals surface area contributed by atoms with Crippen molar-refractivity contribution in [3.05, 3.63) is 70.9 Å². The Labute approximate surface area is 200 Å². The predicted octanol–water partition coefficient (Wildman–Crippen LogP) is 4.27. The van der Waals surface area contributed by atoms with Crippen molar-refractivity contribution < 1.29 is 23.1 Å². The molecule has 0 fully saturated rings. The van der Waals surface area contributed by atoms with E-state index in [2.05, 4.69) is 15.6 Å². The number of halogens is 3. The molecule has 3 amide bonds. The highest BCUT2D eigenvalue weighted by Gasteiger charge is 2.21. The number of aromatic nitrogens is 1. The molecule has 3 rings (SSSR count). The van der Waals surface area contributed by atoms with Gasteiger partial charge in [-0.25, -0.2) is 23.4 Å². The molecule has 8 nitrogen and oxygen atoms in total. The van der Waals surface area contributed by atoms with E-state index in [9.17, 15) is 18.4 Å². The van der Waals surface area contributed by atoms with Gasteiger partial charge in [0.1, 0.15) is 24.1 Å². The molecule has 0 unspecified atom stereocenters. The fourth-order valence-corrected chi connectivity index (χ4v) is 3.41. The van der Waals surface area contributed by atoms with E-state index < -0.39 is 29.8 Å². The zero-order valence-corrected chi connectivity index (χ0v) is 19.1. The standard InChI is InChI=1S/C23H24ClF2N5O3/c1-31(22(32)29-12-15-3-2-4-19(26)21(15)24)18(7-8-27)13-34-23(33)30-20-10-16-9-17(25)6-5-14(16)11-28-20/h2-6,9-11,18H,7-8,12-13,27H2,1H3,(H,29,32)(H,28,30,33)/t18-/m0/s1. The zero-order valence-electron chi connectivity index (χ0n) is 18.4. The molecule has 0 spiro atoms. The van der Waals surface area contributed by atoms with Gasteiger partial charge in [0.25, 0.3) is 0 Å². The number of carbonyl (C=O) groups is 2. The summed E-state index contributed by atoms with van der Waals surface area (Å²) in [7, 11) is 1.53. The van der Waals surface area contributed by atoms with E-state index in [4.69, 9.17) is 22.1 Å². The van der Waals surface area contributed by atoms with Gasteiger partial charge in [-0.2, -0.15) is 0 Å². The number of nitrogens with two attached hydrogens (primary N) is 1. The summed E-state index contributed by atoms with van der Waals surface area (Å²) in [5.41, 5.74) is 6.08. The van der Waals surface area contributed by atoms with Crippen molar-refractivity contribution in [1.29, 1.82) is 0 Å². The Morgan fingerprint density at radius 1 is 1.21 bits per heavy atom. The van der Waals surface area contributed by atoms with E-state index in [-0.39, 0.29) is 30.5 Å². The SMILES string of the molecule is CN(C(=O)NCc1cccc(F)c1Cl)[C@@H](CCN)COC(=O)Nc1cc2cc(F)ccc2cn1. The van der Waals surface area contributed by atoms with Gasteiger partial charge < -0.3 is 20.7 Å². The zero-order chi connectivity index (χ0) is 24.7. The molecule has 1 heterocycles. The molecular weight excluding hydrogens is 468 g/mol. The summed E-state index contributed by atoms with van der Waals surface area (Å²) in [6.45, 7) is 0.140. The number of hydrogen-bond acceptors (Lipinski definition) is 5. The molecule has 4 N–H and O–H groups in total. The Morgan fingerprint density at radius 3 is 2.76 bits per heavy atom. The number of rotatable bonds is 8. The molecule has 34 heavy (non-hydrogen) atoms. The number of nitrogens with one attached hydrogen (secondary N) is 2. The molecule has 0 radical (unpaired) electrons. The number of nitrogens with zero attached hydrogens (tertiary/aromatic N) is 2. The lowest BCUT2D eigenvalue weighted by Gasteiger charge is -2.28. The summed E-state index contributed by atoms with van der Waals surface area (Å²) in [6.07, 6.45) is 1.08. The second-order valence-electron chi connectivity index (χ2n) is 7.50. The monoisotopic (exact) mass is 491 g/mol. The Kier molecular flexibility index (Phi) is 8.55. The molecular formula is C23H24ClF2N5O3. The minimum Gasteiger partial charge on any atom is -0.447 e. The molecule has 0 saturated carbocycles. The maximum absolute atomic E-state index is 13.6. The molecule has 2 aromatic carbocycles. The van der Waals surface area contributed by atoms with Crippen molar-refractivity contribution in [3.8, 4) is 0 Å². The first kappa shape index (κ1) is 25.1. The highest BCUT2D eigenvalue weighted by atomic mass is 35.5. The van der Waals surface area contributed by atoms with E-state index in [1.807, 2.05) is 0 Å². The molecule has 0 aliphatic carbocycles. The number of ether oxygens (including phenoxy) is 1. The molecule has 1 atom stereocenters. The molecule has 1 aromatic heterocycles. The second kappa shape index (κ2) is 11.6. The van der Waals surface area contributed by atoms with Crippen LogP contribution >= 0.6 is 11.6 Å². The largest absolute Gasteiger partial charge is 0.447 e. The van der Waals surface area contributed by atoms with Gasteiger partial charge in [-0.15, -0.1) is 0 Å². The Bertz CT molecular complexity index is 1180. The average Bonchev–Trinajstić information content (AvgIpc) is 2.81. The fraction of sp³-hybridized carbons (Fsp3) is 0.261. The summed E-state index contributed by atoms with van der Waals surface area (Å²) in [4.78, 5) is 30.3. The van der Waals surface area contributed by atoms with Gasteiger partial charge in [-0.3, -0.25) is 5.32 Å². The lowest BCUT2D eigenvalue weighted by atomic mass is 10.2. The summed E-state index contributed by atoms with van der Waals surface area (Å²) < 4.78 is 32.3. The average molecular weight is 492 g/mol. The third-order valence-corrected chi connectivity index (χ3v) is 5.57. The van der Waals surface area contributed by atoms with Crippen LogP contribution in [0.15, 0.2) is 48.7 Å². The van der Waals surface area contributed by atoms with E-state index in [0.29, 0.717) is 17.4 Å². The van der Waals surface area contributed by atoms with Crippen molar-refractivity contribution in [2.24, 2.45) is 5.73 Å². The Hall–Kier alpha value is -3.50. The number of hydrogen-bond donors (Lipinski definition) is 3. The lowest BCUT2D eigenvalue weighted by Crippen LogP contribution is -2.46. The van der Waals surface area contributed by atoms with Gasteiger partial charge in [0.2, 0.25) is 0 Å². The number of anilines is 1.